The summed E-state index contributed by atoms with van der Waals surface area (Å²) >= 11 is 0. The van der Waals surface area contributed by atoms with Crippen molar-refractivity contribution in [2.45, 2.75) is 90.1 Å². The molecule has 0 N–H and O–H groups in total. The van der Waals surface area contributed by atoms with Crippen LogP contribution in [0.2, 0.25) is 0 Å². The second-order valence-electron chi connectivity index (χ2n) is 9.02. The van der Waals surface area contributed by atoms with Gasteiger partial charge in [0.1, 0.15) is 0 Å². The number of halogens is 2. The van der Waals surface area contributed by atoms with Crippen molar-refractivity contribution in [2.24, 2.45) is 11.8 Å². The summed E-state index contributed by atoms with van der Waals surface area (Å²) in [4.78, 5) is 0. The summed E-state index contributed by atoms with van der Waals surface area (Å²) in [5, 5.41) is 0. The summed E-state index contributed by atoms with van der Waals surface area (Å²) in [6.45, 7) is 5.50. The quantitative estimate of drug-likeness (QED) is 0.303. The third kappa shape index (κ3) is 6.06. The van der Waals surface area contributed by atoms with Crippen LogP contribution in [-0.2, 0) is 4.74 Å². The molecule has 2 nitrogen and oxygen atoms in total. The van der Waals surface area contributed by atoms with Gasteiger partial charge in [0, 0.05) is 0 Å². The van der Waals surface area contributed by atoms with E-state index in [2.05, 4.69) is 19.1 Å². The number of unbranched alkanes of at least 4 members (excludes halogenated alkanes) is 2. The van der Waals surface area contributed by atoms with Gasteiger partial charge in [-0.2, -0.15) is 4.39 Å². The Balaban J connectivity index is 1.49. The summed E-state index contributed by atoms with van der Waals surface area (Å²) in [5.74, 6) is -0.136. The zero-order valence-electron chi connectivity index (χ0n) is 18.7. The number of hydrogen-bond acceptors (Lipinski definition) is 2. The maximum Gasteiger partial charge on any atom is 0.200 e. The first-order valence-electron chi connectivity index (χ1n) is 12.0. The Morgan fingerprint density at radius 3 is 2.40 bits per heavy atom. The lowest BCUT2D eigenvalue weighted by atomic mass is 9.72. The van der Waals surface area contributed by atoms with Crippen LogP contribution < -0.4 is 4.74 Å². The highest BCUT2D eigenvalue weighted by Crippen LogP contribution is 2.42. The van der Waals surface area contributed by atoms with Gasteiger partial charge in [-0.25, -0.2) is 4.39 Å². The fourth-order valence-electron chi connectivity index (χ4n) is 4.93. The van der Waals surface area contributed by atoms with Crippen LogP contribution in [0, 0.1) is 23.5 Å². The van der Waals surface area contributed by atoms with Gasteiger partial charge in [-0.3, -0.25) is 0 Å². The zero-order chi connectivity index (χ0) is 21.3. The van der Waals surface area contributed by atoms with Crippen molar-refractivity contribution in [3.63, 3.8) is 0 Å². The highest BCUT2D eigenvalue weighted by molar-refractivity contribution is 5.33. The molecular formula is C26H38F2O2. The number of allylic oxidation sites excluding steroid dienone is 1. The van der Waals surface area contributed by atoms with Gasteiger partial charge in [0.05, 0.1) is 19.3 Å². The molecule has 168 valence electrons. The molecule has 2 aliphatic rings. The maximum atomic E-state index is 14.7. The fraction of sp³-hybridized carbons (Fsp3) is 0.692. The van der Waals surface area contributed by atoms with Crippen molar-refractivity contribution >= 4 is 0 Å². The van der Waals surface area contributed by atoms with Crippen molar-refractivity contribution in [1.29, 1.82) is 0 Å². The van der Waals surface area contributed by atoms with Gasteiger partial charge in [-0.05, 0) is 80.8 Å². The molecule has 2 unspecified atom stereocenters. The molecule has 0 aromatic heterocycles. The average molecular weight is 421 g/mol. The SMILES string of the molecule is CCC/C=C/C1CCC(C2CCC(c3ccc(OCCCC)c(F)c3F)CC2)CO1. The summed E-state index contributed by atoms with van der Waals surface area (Å²) in [5.41, 5.74) is 0.523. The zero-order valence-corrected chi connectivity index (χ0v) is 18.7. The van der Waals surface area contributed by atoms with E-state index < -0.39 is 11.6 Å². The Morgan fingerprint density at radius 1 is 0.967 bits per heavy atom. The summed E-state index contributed by atoms with van der Waals surface area (Å²) in [6.07, 6.45) is 15.2. The summed E-state index contributed by atoms with van der Waals surface area (Å²) in [6, 6.07) is 3.35. The number of ether oxygens (including phenoxy) is 2. The van der Waals surface area contributed by atoms with Crippen molar-refractivity contribution in [3.8, 4) is 5.75 Å². The Bertz CT molecular complexity index is 672. The Kier molecular flexibility index (Phi) is 9.17. The highest BCUT2D eigenvalue weighted by atomic mass is 19.2. The fourth-order valence-corrected chi connectivity index (χ4v) is 4.93. The van der Waals surface area contributed by atoms with Crippen LogP contribution in [-0.4, -0.2) is 19.3 Å². The lowest BCUT2D eigenvalue weighted by Crippen LogP contribution is -2.31. The molecule has 0 spiro atoms. The predicted octanol–water partition coefficient (Wildman–Crippen LogP) is 7.57. The molecule has 0 bridgehead atoms. The maximum absolute atomic E-state index is 14.7. The minimum absolute atomic E-state index is 0.0419. The lowest BCUT2D eigenvalue weighted by Gasteiger charge is -2.37. The van der Waals surface area contributed by atoms with Crippen molar-refractivity contribution in [2.75, 3.05) is 13.2 Å². The first kappa shape index (κ1) is 23.2. The van der Waals surface area contributed by atoms with Crippen LogP contribution in [0.5, 0.6) is 5.75 Å². The van der Waals surface area contributed by atoms with Crippen molar-refractivity contribution in [3.05, 3.63) is 41.5 Å². The third-order valence-corrected chi connectivity index (χ3v) is 6.86. The van der Waals surface area contributed by atoms with Gasteiger partial charge >= 0.3 is 0 Å². The van der Waals surface area contributed by atoms with Crippen molar-refractivity contribution < 1.29 is 18.3 Å². The Hall–Kier alpha value is -1.42. The van der Waals surface area contributed by atoms with E-state index in [-0.39, 0.29) is 17.8 Å². The molecular weight excluding hydrogens is 382 g/mol. The number of rotatable bonds is 9. The summed E-state index contributed by atoms with van der Waals surface area (Å²) < 4.78 is 40.6. The average Bonchev–Trinajstić information content (AvgIpc) is 2.78. The minimum atomic E-state index is -0.825. The first-order chi connectivity index (χ1) is 14.6. The Morgan fingerprint density at radius 2 is 1.73 bits per heavy atom. The second kappa shape index (κ2) is 11.8. The molecule has 1 aromatic carbocycles. The van der Waals surface area contributed by atoms with Crippen LogP contribution in [0.4, 0.5) is 8.78 Å². The molecule has 1 saturated heterocycles. The van der Waals surface area contributed by atoms with Crippen LogP contribution in [0.15, 0.2) is 24.3 Å². The minimum Gasteiger partial charge on any atom is -0.490 e. The third-order valence-electron chi connectivity index (χ3n) is 6.86. The molecule has 0 radical (unpaired) electrons. The van der Waals surface area contributed by atoms with E-state index >= 15 is 0 Å². The molecule has 1 aromatic rings. The van der Waals surface area contributed by atoms with Gasteiger partial charge in [0.25, 0.3) is 0 Å². The monoisotopic (exact) mass is 420 g/mol. The molecule has 0 amide bonds. The summed E-state index contributed by atoms with van der Waals surface area (Å²) in [7, 11) is 0. The van der Waals surface area contributed by atoms with E-state index in [0.29, 0.717) is 24.0 Å². The molecule has 30 heavy (non-hydrogen) atoms. The topological polar surface area (TPSA) is 18.5 Å². The Labute approximate surface area is 181 Å². The molecule has 1 heterocycles. The van der Waals surface area contributed by atoms with Gasteiger partial charge in [-0.15, -0.1) is 0 Å². The molecule has 1 saturated carbocycles. The van der Waals surface area contributed by atoms with E-state index in [1.165, 1.54) is 12.8 Å². The van der Waals surface area contributed by atoms with E-state index in [1.54, 1.807) is 12.1 Å². The normalized spacial score (nSPS) is 27.5. The molecule has 1 aliphatic carbocycles. The second-order valence-corrected chi connectivity index (χ2v) is 9.02. The van der Waals surface area contributed by atoms with Crippen LogP contribution in [0.3, 0.4) is 0 Å². The molecule has 2 atom stereocenters. The number of hydrogen-bond donors (Lipinski definition) is 0. The van der Waals surface area contributed by atoms with E-state index in [0.717, 1.165) is 58.0 Å². The van der Waals surface area contributed by atoms with Gasteiger partial charge in [-0.1, -0.05) is 44.9 Å². The largest absolute Gasteiger partial charge is 0.490 e. The lowest BCUT2D eigenvalue weighted by molar-refractivity contribution is -0.0150. The molecule has 2 fully saturated rings. The smallest absolute Gasteiger partial charge is 0.200 e. The first-order valence-corrected chi connectivity index (χ1v) is 12.0. The molecule has 1 aliphatic heterocycles. The van der Waals surface area contributed by atoms with Crippen LogP contribution in [0.1, 0.15) is 89.5 Å². The number of benzene rings is 1. The van der Waals surface area contributed by atoms with Gasteiger partial charge < -0.3 is 9.47 Å². The molecule has 4 heteroatoms. The van der Waals surface area contributed by atoms with Gasteiger partial charge in [0.15, 0.2) is 11.6 Å². The van der Waals surface area contributed by atoms with Crippen molar-refractivity contribution in [1.82, 2.24) is 0 Å². The van der Waals surface area contributed by atoms with Gasteiger partial charge in [0.2, 0.25) is 5.82 Å². The van der Waals surface area contributed by atoms with E-state index in [9.17, 15) is 8.78 Å². The highest BCUT2D eigenvalue weighted by Gasteiger charge is 2.32. The van der Waals surface area contributed by atoms with E-state index in [1.807, 2.05) is 6.92 Å². The predicted molar refractivity (Wildman–Crippen MR) is 118 cm³/mol. The van der Waals surface area contributed by atoms with E-state index in [4.69, 9.17) is 9.47 Å². The molecule has 3 rings (SSSR count). The standard InChI is InChI=1S/C26H38F2O2/c1-3-5-7-8-22-14-13-21(18-30-22)19-9-11-20(12-10-19)23-15-16-24(26(28)25(23)27)29-17-6-4-2/h7-8,15-16,19-22H,3-6,9-14,17-18H2,1-2H3/b8-7+. The van der Waals surface area contributed by atoms with Crippen LogP contribution in [0.25, 0.3) is 0 Å². The van der Waals surface area contributed by atoms with Crippen LogP contribution >= 0.6 is 0 Å².